The number of unbranched alkanes of at least 4 members (excludes halogenated alkanes) is 5. The highest BCUT2D eigenvalue weighted by atomic mass is 79.9. The van der Waals surface area contributed by atoms with Gasteiger partial charge in [0.25, 0.3) is 0 Å². The van der Waals surface area contributed by atoms with E-state index in [1.807, 2.05) is 0 Å². The molecule has 2 amide bonds. The minimum atomic E-state index is -0.546. The maximum atomic E-state index is 12.5. The Morgan fingerprint density at radius 3 is 1.31 bits per heavy atom. The number of carbonyl (C=O) groups is 4. The summed E-state index contributed by atoms with van der Waals surface area (Å²) in [6.07, 6.45) is 8.45. The van der Waals surface area contributed by atoms with E-state index in [0.29, 0.717) is 58.0 Å². The molecule has 0 heterocycles. The van der Waals surface area contributed by atoms with Crippen molar-refractivity contribution in [3.63, 3.8) is 0 Å². The van der Waals surface area contributed by atoms with Gasteiger partial charge in [-0.25, -0.2) is 20.4 Å². The lowest BCUT2D eigenvalue weighted by molar-refractivity contribution is -0.122. The Balaban J connectivity index is 1.09. The molecule has 2 N–H and O–H groups in total. The Hall–Kier alpha value is -4.36. The molecule has 4 rings (SSSR count). The monoisotopic (exact) mass is 870 g/mol. The summed E-state index contributed by atoms with van der Waals surface area (Å²) in [4.78, 5) is 49.7. The largest absolute Gasteiger partial charge is 0.422 e. The lowest BCUT2D eigenvalue weighted by Crippen LogP contribution is -2.17. The van der Waals surface area contributed by atoms with Crippen molar-refractivity contribution in [2.75, 3.05) is 0 Å². The molecular weight excluding hydrogens is 839 g/mol. The van der Waals surface area contributed by atoms with Crippen LogP contribution in [0, 0.1) is 0 Å². The van der Waals surface area contributed by atoms with E-state index in [2.05, 4.69) is 52.9 Å². The molecule has 0 atom stereocenters. The van der Waals surface area contributed by atoms with Gasteiger partial charge >= 0.3 is 11.9 Å². The van der Waals surface area contributed by atoms with Crippen LogP contribution in [0.5, 0.6) is 11.5 Å². The van der Waals surface area contributed by atoms with Gasteiger partial charge in [0.1, 0.15) is 11.5 Å². The van der Waals surface area contributed by atoms with Crippen molar-refractivity contribution >= 4 is 91.2 Å². The Morgan fingerprint density at radius 1 is 0.558 bits per heavy atom. The molecule has 0 aromatic heterocycles. The molecule has 0 radical (unpaired) electrons. The molecule has 270 valence electrons. The van der Waals surface area contributed by atoms with Gasteiger partial charge in [0.2, 0.25) is 11.8 Å². The van der Waals surface area contributed by atoms with Crippen molar-refractivity contribution in [1.82, 2.24) is 10.9 Å². The van der Waals surface area contributed by atoms with Crippen LogP contribution in [0.15, 0.2) is 104 Å². The standard InChI is InChI=1S/C38H34Br2Cl2N4O6/c39-29-13-19-33(51-37(49)25-9-15-31(41)16-10-25)27(21-29)23-43-45-35(47)7-5-3-1-2-4-6-8-36(48)46-44-24-28-22-30(40)14-20-34(28)52-38(50)26-11-17-32(42)18-12-26/h9-24H,1-8H2,(H,45,47)(H,46,48)/b43-23+,44-24+. The number of ether oxygens (including phenoxy) is 2. The van der Waals surface area contributed by atoms with Crippen LogP contribution in [0.4, 0.5) is 0 Å². The summed E-state index contributed by atoms with van der Waals surface area (Å²) in [5, 5.41) is 9.09. The fraction of sp³-hybridized carbons (Fsp3) is 0.211. The van der Waals surface area contributed by atoms with Gasteiger partial charge in [0.05, 0.1) is 23.6 Å². The average Bonchev–Trinajstić information content (AvgIpc) is 3.12. The van der Waals surface area contributed by atoms with Crippen LogP contribution >= 0.6 is 55.1 Å². The molecule has 0 spiro atoms. The molecule has 4 aromatic carbocycles. The molecule has 0 saturated carbocycles. The van der Waals surface area contributed by atoms with Gasteiger partial charge in [-0.2, -0.15) is 10.2 Å². The number of rotatable bonds is 17. The number of nitrogens with one attached hydrogen (secondary N) is 2. The number of hydrogen-bond acceptors (Lipinski definition) is 8. The SMILES string of the molecule is O=C(CCCCCCCCC(=O)N/N=C/c1cc(Br)ccc1OC(=O)c1ccc(Cl)cc1)N/N=C/c1cc(Br)ccc1OC(=O)c1ccc(Cl)cc1. The van der Waals surface area contributed by atoms with Crippen LogP contribution in [-0.4, -0.2) is 36.2 Å². The average molecular weight is 873 g/mol. The van der Waals surface area contributed by atoms with Crippen molar-refractivity contribution in [2.24, 2.45) is 10.2 Å². The lowest BCUT2D eigenvalue weighted by atomic mass is 10.1. The summed E-state index contributed by atoms with van der Waals surface area (Å²) in [6, 6.07) is 22.9. The molecular formula is C38H34Br2Cl2N4O6. The molecule has 0 aliphatic heterocycles. The van der Waals surface area contributed by atoms with Crippen molar-refractivity contribution in [1.29, 1.82) is 0 Å². The number of carbonyl (C=O) groups excluding carboxylic acids is 4. The second-order valence-electron chi connectivity index (χ2n) is 11.4. The maximum Gasteiger partial charge on any atom is 0.343 e. The quantitative estimate of drug-likeness (QED) is 0.0357. The van der Waals surface area contributed by atoms with Crippen molar-refractivity contribution in [3.8, 4) is 11.5 Å². The fourth-order valence-corrected chi connectivity index (χ4v) is 5.66. The first kappa shape index (κ1) is 40.4. The van der Waals surface area contributed by atoms with E-state index in [4.69, 9.17) is 32.7 Å². The highest BCUT2D eigenvalue weighted by molar-refractivity contribution is 9.10. The third kappa shape index (κ3) is 14.0. The molecule has 0 bridgehead atoms. The number of halogens is 4. The van der Waals surface area contributed by atoms with Gasteiger partial charge in [0.15, 0.2) is 0 Å². The van der Waals surface area contributed by atoms with Crippen LogP contribution < -0.4 is 20.3 Å². The van der Waals surface area contributed by atoms with Gasteiger partial charge in [-0.1, -0.05) is 80.7 Å². The van der Waals surface area contributed by atoms with Crippen LogP contribution in [-0.2, 0) is 9.59 Å². The van der Waals surface area contributed by atoms with Crippen LogP contribution in [0.25, 0.3) is 0 Å². The van der Waals surface area contributed by atoms with E-state index in [1.54, 1.807) is 84.9 Å². The lowest BCUT2D eigenvalue weighted by Gasteiger charge is -2.08. The van der Waals surface area contributed by atoms with Crippen molar-refractivity contribution in [3.05, 3.63) is 126 Å². The zero-order valence-electron chi connectivity index (χ0n) is 27.8. The van der Waals surface area contributed by atoms with E-state index < -0.39 is 11.9 Å². The number of benzene rings is 4. The molecule has 0 aliphatic carbocycles. The normalized spacial score (nSPS) is 11.1. The second kappa shape index (κ2) is 21.2. The minimum absolute atomic E-state index is 0.224. The summed E-state index contributed by atoms with van der Waals surface area (Å²) in [5.74, 6) is -0.964. The number of amides is 2. The zero-order chi connectivity index (χ0) is 37.3. The van der Waals surface area contributed by atoms with E-state index in [1.165, 1.54) is 12.4 Å². The van der Waals surface area contributed by atoms with E-state index in [9.17, 15) is 19.2 Å². The van der Waals surface area contributed by atoms with Gasteiger partial charge in [-0.15, -0.1) is 0 Å². The van der Waals surface area contributed by atoms with Crippen molar-refractivity contribution < 1.29 is 28.7 Å². The number of hydrazone groups is 2. The minimum Gasteiger partial charge on any atom is -0.422 e. The smallest absolute Gasteiger partial charge is 0.343 e. The first-order valence-corrected chi connectivity index (χ1v) is 18.6. The van der Waals surface area contributed by atoms with E-state index in [-0.39, 0.29) is 23.3 Å². The van der Waals surface area contributed by atoms with Crippen LogP contribution in [0.3, 0.4) is 0 Å². The molecule has 14 heteroatoms. The van der Waals surface area contributed by atoms with Crippen LogP contribution in [0.1, 0.15) is 83.2 Å². The zero-order valence-corrected chi connectivity index (χ0v) is 32.4. The predicted octanol–water partition coefficient (Wildman–Crippen LogP) is 9.68. The Bertz CT molecular complexity index is 1780. The molecule has 4 aromatic rings. The van der Waals surface area contributed by atoms with Crippen LogP contribution in [0.2, 0.25) is 10.0 Å². The number of nitrogens with zero attached hydrogens (tertiary/aromatic N) is 2. The third-order valence-electron chi connectivity index (χ3n) is 7.35. The Labute approximate surface area is 328 Å². The van der Waals surface area contributed by atoms with Gasteiger partial charge in [-0.3, -0.25) is 9.59 Å². The number of esters is 2. The first-order valence-electron chi connectivity index (χ1n) is 16.3. The first-order chi connectivity index (χ1) is 25.1. The molecule has 0 saturated heterocycles. The molecule has 52 heavy (non-hydrogen) atoms. The summed E-state index contributed by atoms with van der Waals surface area (Å²) in [5.41, 5.74) is 6.74. The fourth-order valence-electron chi connectivity index (χ4n) is 4.65. The Kier molecular flexibility index (Phi) is 16.5. The van der Waals surface area contributed by atoms with E-state index >= 15 is 0 Å². The summed E-state index contributed by atoms with van der Waals surface area (Å²) < 4.78 is 12.6. The predicted molar refractivity (Wildman–Crippen MR) is 210 cm³/mol. The van der Waals surface area contributed by atoms with Crippen molar-refractivity contribution in [2.45, 2.75) is 51.4 Å². The summed E-state index contributed by atoms with van der Waals surface area (Å²) >= 11 is 18.6. The van der Waals surface area contributed by atoms with Gasteiger partial charge in [0, 0.05) is 43.0 Å². The number of hydrogen-bond donors (Lipinski definition) is 2. The highest BCUT2D eigenvalue weighted by Crippen LogP contribution is 2.25. The second-order valence-corrected chi connectivity index (χ2v) is 14.1. The van der Waals surface area contributed by atoms with Gasteiger partial charge < -0.3 is 9.47 Å². The maximum absolute atomic E-state index is 12.5. The highest BCUT2D eigenvalue weighted by Gasteiger charge is 2.13. The third-order valence-corrected chi connectivity index (χ3v) is 8.84. The summed E-state index contributed by atoms with van der Waals surface area (Å²) in [6.45, 7) is 0. The Morgan fingerprint density at radius 2 is 0.923 bits per heavy atom. The molecule has 10 nitrogen and oxygen atoms in total. The van der Waals surface area contributed by atoms with Gasteiger partial charge in [-0.05, 0) is 97.8 Å². The molecule has 0 unspecified atom stereocenters. The molecule has 0 aliphatic rings. The summed E-state index contributed by atoms with van der Waals surface area (Å²) in [7, 11) is 0. The van der Waals surface area contributed by atoms with E-state index in [0.717, 1.165) is 34.6 Å². The topological polar surface area (TPSA) is 136 Å². The molecule has 0 fully saturated rings.